The summed E-state index contributed by atoms with van der Waals surface area (Å²) in [5, 5.41) is 3.23. The van der Waals surface area contributed by atoms with Gasteiger partial charge in [-0.05, 0) is 32.9 Å². The molecular formula is C14H30N2O2. The number of rotatable bonds is 6. The predicted octanol–water partition coefficient (Wildman–Crippen LogP) is 1.89. The van der Waals surface area contributed by atoms with Crippen molar-refractivity contribution in [1.82, 2.24) is 10.2 Å². The Morgan fingerprint density at radius 3 is 2.17 bits per heavy atom. The van der Waals surface area contributed by atoms with Crippen LogP contribution in [-0.2, 0) is 9.53 Å². The molecular weight excluding hydrogens is 228 g/mol. The van der Waals surface area contributed by atoms with Gasteiger partial charge in [-0.25, -0.2) is 0 Å². The second-order valence-corrected chi connectivity index (χ2v) is 6.31. The van der Waals surface area contributed by atoms with E-state index in [0.717, 1.165) is 6.54 Å². The fraction of sp³-hybridized carbons (Fsp3) is 0.929. The zero-order chi connectivity index (χ0) is 14.6. The van der Waals surface area contributed by atoms with Crippen molar-refractivity contribution < 1.29 is 9.53 Å². The second-order valence-electron chi connectivity index (χ2n) is 6.31. The standard InChI is InChI=1S/C14H30N2O2/c1-9-15-14(6,12(17)18-8)10-16(7)11(2)13(3,4)5/h11,15H,9-10H2,1-8H3. The highest BCUT2D eigenvalue weighted by Gasteiger charge is 2.37. The molecule has 2 unspecified atom stereocenters. The molecule has 0 aliphatic carbocycles. The van der Waals surface area contributed by atoms with Gasteiger partial charge in [0, 0.05) is 12.6 Å². The lowest BCUT2D eigenvalue weighted by atomic mass is 9.86. The first kappa shape index (κ1) is 17.4. The van der Waals surface area contributed by atoms with Gasteiger partial charge in [0.15, 0.2) is 0 Å². The number of likely N-dealkylation sites (N-methyl/N-ethyl adjacent to an activating group) is 2. The van der Waals surface area contributed by atoms with Crippen molar-refractivity contribution in [1.29, 1.82) is 0 Å². The second kappa shape index (κ2) is 6.53. The number of esters is 1. The Hall–Kier alpha value is -0.610. The third-order valence-electron chi connectivity index (χ3n) is 3.68. The molecule has 0 saturated carbocycles. The molecule has 1 N–H and O–H groups in total. The maximum Gasteiger partial charge on any atom is 0.327 e. The van der Waals surface area contributed by atoms with Crippen molar-refractivity contribution in [3.8, 4) is 0 Å². The molecule has 0 aliphatic rings. The number of nitrogens with zero attached hydrogens (tertiary/aromatic N) is 1. The minimum absolute atomic E-state index is 0.179. The number of hydrogen-bond donors (Lipinski definition) is 1. The summed E-state index contributed by atoms with van der Waals surface area (Å²) in [6.45, 7) is 14.1. The lowest BCUT2D eigenvalue weighted by Gasteiger charge is -2.40. The number of nitrogens with one attached hydrogen (secondary N) is 1. The van der Waals surface area contributed by atoms with Gasteiger partial charge >= 0.3 is 5.97 Å². The molecule has 108 valence electrons. The molecule has 0 aromatic rings. The highest BCUT2D eigenvalue weighted by atomic mass is 16.5. The van der Waals surface area contributed by atoms with Gasteiger partial charge in [-0.3, -0.25) is 4.79 Å². The van der Waals surface area contributed by atoms with Gasteiger partial charge < -0.3 is 15.0 Å². The molecule has 4 heteroatoms. The number of methoxy groups -OCH3 is 1. The van der Waals surface area contributed by atoms with Crippen molar-refractivity contribution in [3.05, 3.63) is 0 Å². The van der Waals surface area contributed by atoms with E-state index in [1.165, 1.54) is 7.11 Å². The molecule has 0 aliphatic heterocycles. The SMILES string of the molecule is CCNC(C)(CN(C)C(C)C(C)(C)C)C(=O)OC. The normalized spacial score (nSPS) is 17.4. The number of ether oxygens (including phenoxy) is 1. The van der Waals surface area contributed by atoms with E-state index in [2.05, 4.69) is 45.0 Å². The number of hydrogen-bond acceptors (Lipinski definition) is 4. The molecule has 0 amide bonds. The van der Waals surface area contributed by atoms with Crippen LogP contribution >= 0.6 is 0 Å². The van der Waals surface area contributed by atoms with Gasteiger partial charge in [0.25, 0.3) is 0 Å². The van der Waals surface area contributed by atoms with E-state index in [9.17, 15) is 4.79 Å². The van der Waals surface area contributed by atoms with Gasteiger partial charge in [0.2, 0.25) is 0 Å². The zero-order valence-electron chi connectivity index (χ0n) is 13.3. The highest BCUT2D eigenvalue weighted by Crippen LogP contribution is 2.24. The number of carbonyl (C=O) groups excluding carboxylic acids is 1. The summed E-state index contributed by atoms with van der Waals surface area (Å²) in [6.07, 6.45) is 0. The molecule has 0 aromatic heterocycles. The third kappa shape index (κ3) is 4.58. The smallest absolute Gasteiger partial charge is 0.327 e. The molecule has 0 radical (unpaired) electrons. The van der Waals surface area contributed by atoms with E-state index in [1.54, 1.807) is 0 Å². The van der Waals surface area contributed by atoms with Crippen molar-refractivity contribution >= 4 is 5.97 Å². The molecule has 0 spiro atoms. The van der Waals surface area contributed by atoms with Crippen LogP contribution in [0.2, 0.25) is 0 Å². The molecule has 4 nitrogen and oxygen atoms in total. The fourth-order valence-corrected chi connectivity index (χ4v) is 2.10. The summed E-state index contributed by atoms with van der Waals surface area (Å²) in [4.78, 5) is 14.1. The van der Waals surface area contributed by atoms with Crippen molar-refractivity contribution in [2.45, 2.75) is 53.1 Å². The molecule has 0 heterocycles. The van der Waals surface area contributed by atoms with Gasteiger partial charge in [-0.15, -0.1) is 0 Å². The van der Waals surface area contributed by atoms with Crippen LogP contribution < -0.4 is 5.32 Å². The number of carbonyl (C=O) groups is 1. The van der Waals surface area contributed by atoms with Crippen LogP contribution in [0.4, 0.5) is 0 Å². The fourth-order valence-electron chi connectivity index (χ4n) is 2.10. The van der Waals surface area contributed by atoms with Gasteiger partial charge in [-0.2, -0.15) is 0 Å². The molecule has 0 fully saturated rings. The van der Waals surface area contributed by atoms with Gasteiger partial charge in [0.05, 0.1) is 7.11 Å². The van der Waals surface area contributed by atoms with Crippen molar-refractivity contribution in [2.75, 3.05) is 27.2 Å². The summed E-state index contributed by atoms with van der Waals surface area (Å²) >= 11 is 0. The van der Waals surface area contributed by atoms with Crippen LogP contribution in [0.1, 0.15) is 41.5 Å². The van der Waals surface area contributed by atoms with Crippen LogP contribution in [0.3, 0.4) is 0 Å². The first-order valence-electron chi connectivity index (χ1n) is 6.62. The van der Waals surface area contributed by atoms with E-state index in [4.69, 9.17) is 4.74 Å². The van der Waals surface area contributed by atoms with Crippen LogP contribution in [0.5, 0.6) is 0 Å². The Bertz CT molecular complexity index is 273. The van der Waals surface area contributed by atoms with Crippen molar-refractivity contribution in [3.63, 3.8) is 0 Å². The Morgan fingerprint density at radius 1 is 1.33 bits per heavy atom. The van der Waals surface area contributed by atoms with Gasteiger partial charge in [-0.1, -0.05) is 27.7 Å². The van der Waals surface area contributed by atoms with Crippen LogP contribution in [0.25, 0.3) is 0 Å². The quantitative estimate of drug-likeness (QED) is 0.739. The van der Waals surface area contributed by atoms with Crippen LogP contribution in [0.15, 0.2) is 0 Å². The van der Waals surface area contributed by atoms with Crippen molar-refractivity contribution in [2.24, 2.45) is 5.41 Å². The van der Waals surface area contributed by atoms with E-state index >= 15 is 0 Å². The predicted molar refractivity (Wildman–Crippen MR) is 75.6 cm³/mol. The first-order chi connectivity index (χ1) is 8.08. The summed E-state index contributed by atoms with van der Waals surface area (Å²) in [5.74, 6) is -0.211. The van der Waals surface area contributed by atoms with Crippen LogP contribution in [-0.4, -0.2) is 49.7 Å². The topological polar surface area (TPSA) is 41.6 Å². The monoisotopic (exact) mass is 258 g/mol. The van der Waals surface area contributed by atoms with E-state index in [0.29, 0.717) is 12.6 Å². The Labute approximate surface area is 112 Å². The molecule has 0 bridgehead atoms. The molecule has 0 aromatic carbocycles. The lowest BCUT2D eigenvalue weighted by Crippen LogP contribution is -2.59. The summed E-state index contributed by atoms with van der Waals surface area (Å²) in [7, 11) is 3.49. The molecule has 18 heavy (non-hydrogen) atoms. The maximum atomic E-state index is 11.9. The van der Waals surface area contributed by atoms with E-state index < -0.39 is 5.54 Å². The average molecular weight is 258 g/mol. The zero-order valence-corrected chi connectivity index (χ0v) is 13.3. The molecule has 0 rings (SSSR count). The summed E-state index contributed by atoms with van der Waals surface area (Å²) in [6, 6.07) is 0.375. The maximum absolute atomic E-state index is 11.9. The molecule has 2 atom stereocenters. The lowest BCUT2D eigenvalue weighted by molar-refractivity contribution is -0.149. The third-order valence-corrected chi connectivity index (χ3v) is 3.68. The largest absolute Gasteiger partial charge is 0.468 e. The van der Waals surface area contributed by atoms with Gasteiger partial charge in [0.1, 0.15) is 5.54 Å². The first-order valence-corrected chi connectivity index (χ1v) is 6.62. The minimum atomic E-state index is -0.655. The average Bonchev–Trinajstić information content (AvgIpc) is 2.25. The Kier molecular flexibility index (Phi) is 6.30. The molecule has 0 saturated heterocycles. The Morgan fingerprint density at radius 2 is 1.83 bits per heavy atom. The summed E-state index contributed by atoms with van der Waals surface area (Å²) < 4.78 is 4.91. The Balaban J connectivity index is 4.84. The highest BCUT2D eigenvalue weighted by molar-refractivity contribution is 5.80. The minimum Gasteiger partial charge on any atom is -0.468 e. The van der Waals surface area contributed by atoms with Crippen LogP contribution in [0, 0.1) is 5.41 Å². The summed E-state index contributed by atoms with van der Waals surface area (Å²) in [5.41, 5.74) is -0.476. The van der Waals surface area contributed by atoms with E-state index in [1.807, 2.05) is 13.8 Å². The van der Waals surface area contributed by atoms with E-state index in [-0.39, 0.29) is 11.4 Å².